The zero-order valence-electron chi connectivity index (χ0n) is 13.2. The topological polar surface area (TPSA) is 88.0 Å². The first-order chi connectivity index (χ1) is 11.5. The van der Waals surface area contributed by atoms with Gasteiger partial charge in [-0.3, -0.25) is 4.79 Å². The average Bonchev–Trinajstić information content (AvgIpc) is 2.56. The highest BCUT2D eigenvalue weighted by atomic mass is 35.5. The van der Waals surface area contributed by atoms with E-state index >= 15 is 0 Å². The number of nitrogens with one attached hydrogen (secondary N) is 1. The maximum Gasteiger partial charge on any atom is 0.489 e. The molecule has 0 atom stereocenters. The Morgan fingerprint density at radius 2 is 1.96 bits per heavy atom. The molecule has 0 aliphatic rings. The molecule has 2 rings (SSSR count). The van der Waals surface area contributed by atoms with E-state index in [1.807, 2.05) is 6.07 Å². The van der Waals surface area contributed by atoms with Gasteiger partial charge in [0, 0.05) is 23.2 Å². The van der Waals surface area contributed by atoms with Crippen LogP contribution in [0.4, 0.5) is 5.69 Å². The van der Waals surface area contributed by atoms with E-state index in [9.17, 15) is 14.8 Å². The van der Waals surface area contributed by atoms with Crippen LogP contribution in [-0.2, 0) is 11.3 Å². The molecule has 6 nitrogen and oxygen atoms in total. The lowest BCUT2D eigenvalue weighted by molar-refractivity contribution is 0.102. The predicted octanol–water partition coefficient (Wildman–Crippen LogP) is 1.43. The summed E-state index contributed by atoms with van der Waals surface area (Å²) in [5.41, 5.74) is 1.70. The number of halogens is 1. The van der Waals surface area contributed by atoms with Crippen molar-refractivity contribution in [3.8, 4) is 5.75 Å². The fourth-order valence-electron chi connectivity index (χ4n) is 2.17. The Bertz CT molecular complexity index is 738. The second-order valence-electron chi connectivity index (χ2n) is 5.03. The summed E-state index contributed by atoms with van der Waals surface area (Å²) in [6.07, 6.45) is 0. The Hall–Kier alpha value is -2.06. The minimum absolute atomic E-state index is 0.0618. The zero-order chi connectivity index (χ0) is 17.7. The lowest BCUT2D eigenvalue weighted by Crippen LogP contribution is -2.32. The summed E-state index contributed by atoms with van der Waals surface area (Å²) in [6, 6.07) is 9.55. The van der Waals surface area contributed by atoms with Gasteiger partial charge in [0.25, 0.3) is 5.91 Å². The third-order valence-electron chi connectivity index (χ3n) is 3.36. The van der Waals surface area contributed by atoms with Gasteiger partial charge < -0.3 is 24.8 Å². The molecular weight excluding hydrogens is 332 g/mol. The van der Waals surface area contributed by atoms with Crippen molar-refractivity contribution in [2.45, 2.75) is 6.61 Å². The van der Waals surface area contributed by atoms with Gasteiger partial charge >= 0.3 is 7.12 Å². The zero-order valence-corrected chi connectivity index (χ0v) is 14.0. The van der Waals surface area contributed by atoms with E-state index in [0.29, 0.717) is 18.0 Å². The van der Waals surface area contributed by atoms with E-state index in [1.54, 1.807) is 19.2 Å². The van der Waals surface area contributed by atoms with Crippen molar-refractivity contribution < 1.29 is 24.3 Å². The Morgan fingerprint density at radius 1 is 1.21 bits per heavy atom. The number of anilines is 1. The van der Waals surface area contributed by atoms with Crippen LogP contribution in [0.25, 0.3) is 0 Å². The molecule has 2 aromatic rings. The second-order valence-corrected chi connectivity index (χ2v) is 5.44. The van der Waals surface area contributed by atoms with Crippen molar-refractivity contribution in [1.82, 2.24) is 0 Å². The Kier molecular flexibility index (Phi) is 6.22. The summed E-state index contributed by atoms with van der Waals surface area (Å²) in [5.74, 6) is 0.0700. The summed E-state index contributed by atoms with van der Waals surface area (Å²) in [5, 5.41) is 21.4. The monoisotopic (exact) mass is 349 g/mol. The van der Waals surface area contributed by atoms with Gasteiger partial charge in [0.05, 0.1) is 19.4 Å². The summed E-state index contributed by atoms with van der Waals surface area (Å²) < 4.78 is 10.3. The van der Waals surface area contributed by atoms with Crippen molar-refractivity contribution in [2.24, 2.45) is 0 Å². The van der Waals surface area contributed by atoms with Gasteiger partial charge in [0.15, 0.2) is 0 Å². The highest BCUT2D eigenvalue weighted by Crippen LogP contribution is 2.26. The molecule has 0 saturated carbocycles. The average molecular weight is 350 g/mol. The lowest BCUT2D eigenvalue weighted by atomic mass is 9.79. The van der Waals surface area contributed by atoms with Crippen molar-refractivity contribution in [2.75, 3.05) is 19.5 Å². The molecule has 1 amide bonds. The van der Waals surface area contributed by atoms with E-state index < -0.39 is 13.0 Å². The third kappa shape index (κ3) is 4.27. The molecule has 2 aromatic carbocycles. The molecular formula is C16H17BClNO5. The van der Waals surface area contributed by atoms with Crippen LogP contribution in [0.3, 0.4) is 0 Å². The van der Waals surface area contributed by atoms with Gasteiger partial charge in [-0.2, -0.15) is 0 Å². The van der Waals surface area contributed by atoms with Crippen LogP contribution in [0, 0.1) is 0 Å². The summed E-state index contributed by atoms with van der Waals surface area (Å²) in [6.45, 7) is 0.430. The van der Waals surface area contributed by atoms with Crippen molar-refractivity contribution in [1.29, 1.82) is 0 Å². The van der Waals surface area contributed by atoms with Crippen molar-refractivity contribution >= 4 is 35.8 Å². The van der Waals surface area contributed by atoms with Gasteiger partial charge in [-0.15, -0.1) is 0 Å². The third-order valence-corrected chi connectivity index (χ3v) is 3.71. The number of amides is 1. The minimum Gasteiger partial charge on any atom is -0.495 e. The molecule has 0 aliphatic carbocycles. The number of hydrogen-bond donors (Lipinski definition) is 3. The number of carbonyl (C=O) groups is 1. The lowest BCUT2D eigenvalue weighted by Gasteiger charge is -2.12. The molecule has 0 aliphatic heterocycles. The first-order valence-electron chi connectivity index (χ1n) is 7.09. The van der Waals surface area contributed by atoms with E-state index in [-0.39, 0.29) is 16.0 Å². The van der Waals surface area contributed by atoms with Gasteiger partial charge in [-0.1, -0.05) is 17.7 Å². The SMILES string of the molecule is COCc1ccc(NC(=O)c2ccc(Cl)c(B(O)O)c2)c(OC)c1. The maximum atomic E-state index is 12.4. The molecule has 3 N–H and O–H groups in total. The Labute approximate surface area is 145 Å². The van der Waals surface area contributed by atoms with Crippen LogP contribution < -0.4 is 15.5 Å². The van der Waals surface area contributed by atoms with Crippen molar-refractivity contribution in [3.63, 3.8) is 0 Å². The first kappa shape index (κ1) is 18.3. The van der Waals surface area contributed by atoms with Crippen LogP contribution in [0.5, 0.6) is 5.75 Å². The molecule has 0 spiro atoms. The molecule has 0 fully saturated rings. The molecule has 0 aromatic heterocycles. The minimum atomic E-state index is -1.76. The standard InChI is InChI=1S/C16H17BClNO5/c1-23-9-10-3-6-14(15(7-10)24-2)19-16(20)11-4-5-13(18)12(8-11)17(21)22/h3-8,21-22H,9H2,1-2H3,(H,19,20). The normalized spacial score (nSPS) is 10.4. The molecule has 0 saturated heterocycles. The van der Waals surface area contributed by atoms with Crippen LogP contribution >= 0.6 is 11.6 Å². The fourth-order valence-corrected chi connectivity index (χ4v) is 2.39. The predicted molar refractivity (Wildman–Crippen MR) is 92.9 cm³/mol. The van der Waals surface area contributed by atoms with E-state index in [2.05, 4.69) is 5.32 Å². The number of hydrogen-bond acceptors (Lipinski definition) is 5. The number of carbonyl (C=O) groups excluding carboxylic acids is 1. The summed E-state index contributed by atoms with van der Waals surface area (Å²) >= 11 is 5.87. The van der Waals surface area contributed by atoms with E-state index in [4.69, 9.17) is 21.1 Å². The highest BCUT2D eigenvalue weighted by Gasteiger charge is 2.18. The molecule has 126 valence electrons. The van der Waals surface area contributed by atoms with Gasteiger partial charge in [0.1, 0.15) is 5.75 Å². The fraction of sp³-hybridized carbons (Fsp3) is 0.188. The number of ether oxygens (including phenoxy) is 2. The smallest absolute Gasteiger partial charge is 0.489 e. The van der Waals surface area contributed by atoms with Gasteiger partial charge in [-0.25, -0.2) is 0 Å². The molecule has 8 heteroatoms. The molecule has 0 bridgehead atoms. The molecule has 24 heavy (non-hydrogen) atoms. The molecule has 0 unspecified atom stereocenters. The van der Waals surface area contributed by atoms with Crippen molar-refractivity contribution in [3.05, 3.63) is 52.5 Å². The Balaban J connectivity index is 2.25. The van der Waals surface area contributed by atoms with Crippen LogP contribution in [-0.4, -0.2) is 37.3 Å². The van der Waals surface area contributed by atoms with E-state index in [0.717, 1.165) is 5.56 Å². The van der Waals surface area contributed by atoms with Crippen LogP contribution in [0.15, 0.2) is 36.4 Å². The second kappa shape index (κ2) is 8.16. The first-order valence-corrected chi connectivity index (χ1v) is 7.47. The number of benzene rings is 2. The van der Waals surface area contributed by atoms with Crippen LogP contribution in [0.1, 0.15) is 15.9 Å². The Morgan fingerprint density at radius 3 is 2.58 bits per heavy atom. The number of rotatable bonds is 6. The largest absolute Gasteiger partial charge is 0.495 e. The van der Waals surface area contributed by atoms with Gasteiger partial charge in [-0.05, 0) is 35.9 Å². The van der Waals surface area contributed by atoms with E-state index in [1.165, 1.54) is 25.3 Å². The summed E-state index contributed by atoms with van der Waals surface area (Å²) in [7, 11) is 1.34. The highest BCUT2D eigenvalue weighted by molar-refractivity contribution is 6.62. The quantitative estimate of drug-likeness (QED) is 0.687. The molecule has 0 heterocycles. The summed E-state index contributed by atoms with van der Waals surface area (Å²) in [4.78, 5) is 12.4. The molecule has 0 radical (unpaired) electrons. The van der Waals surface area contributed by atoms with Gasteiger partial charge in [0.2, 0.25) is 0 Å². The van der Waals surface area contributed by atoms with Crippen LogP contribution in [0.2, 0.25) is 5.02 Å². The maximum absolute atomic E-state index is 12.4. The number of methoxy groups -OCH3 is 2.